The van der Waals surface area contributed by atoms with Crippen molar-refractivity contribution in [3.8, 4) is 0 Å². The van der Waals surface area contributed by atoms with Crippen molar-refractivity contribution in [2.75, 3.05) is 47.3 Å². The minimum absolute atomic E-state index is 0.110. The van der Waals surface area contributed by atoms with E-state index in [1.165, 1.54) is 12.0 Å². The van der Waals surface area contributed by atoms with Crippen LogP contribution in [0.25, 0.3) is 0 Å². The van der Waals surface area contributed by atoms with Gasteiger partial charge in [0.05, 0.1) is 0 Å². The number of halogens is 1. The van der Waals surface area contributed by atoms with E-state index in [-0.39, 0.29) is 5.91 Å². The molecule has 1 aliphatic heterocycles. The van der Waals surface area contributed by atoms with Crippen LogP contribution in [0.2, 0.25) is 5.02 Å². The van der Waals surface area contributed by atoms with E-state index in [9.17, 15) is 4.79 Å². The Morgan fingerprint density at radius 2 is 2.14 bits per heavy atom. The van der Waals surface area contributed by atoms with E-state index in [4.69, 9.17) is 16.6 Å². The molecule has 0 aliphatic carbocycles. The van der Waals surface area contributed by atoms with Crippen LogP contribution in [0.15, 0.2) is 29.3 Å². The smallest absolute Gasteiger partial charge is 0.223 e. The van der Waals surface area contributed by atoms with Crippen molar-refractivity contribution in [2.45, 2.75) is 32.2 Å². The van der Waals surface area contributed by atoms with Crippen LogP contribution in [0.1, 0.15) is 37.8 Å². The molecular weight excluding hydrogens is 374 g/mol. The maximum absolute atomic E-state index is 11.8. The first-order chi connectivity index (χ1) is 13.4. The average molecular weight is 408 g/mol. The van der Waals surface area contributed by atoms with Gasteiger partial charge in [-0.3, -0.25) is 14.7 Å². The van der Waals surface area contributed by atoms with E-state index in [0.717, 1.165) is 37.0 Å². The number of nitrogens with zero attached hydrogens (tertiary/aromatic N) is 3. The number of piperidine rings is 1. The Bertz CT molecular complexity index is 664. The van der Waals surface area contributed by atoms with Gasteiger partial charge in [-0.2, -0.15) is 0 Å². The van der Waals surface area contributed by atoms with Crippen molar-refractivity contribution in [3.63, 3.8) is 0 Å². The Morgan fingerprint density at radius 3 is 2.82 bits per heavy atom. The van der Waals surface area contributed by atoms with Crippen molar-refractivity contribution < 1.29 is 4.79 Å². The molecule has 156 valence electrons. The van der Waals surface area contributed by atoms with E-state index < -0.39 is 0 Å². The number of hydrogen-bond acceptors (Lipinski definition) is 3. The van der Waals surface area contributed by atoms with Gasteiger partial charge >= 0.3 is 0 Å². The molecule has 1 aliphatic rings. The highest BCUT2D eigenvalue weighted by Crippen LogP contribution is 2.36. The number of carbonyl (C=O) groups is 1. The Labute approximate surface area is 174 Å². The van der Waals surface area contributed by atoms with Gasteiger partial charge in [0, 0.05) is 51.2 Å². The molecule has 1 aromatic carbocycles. The molecule has 2 rings (SSSR count). The van der Waals surface area contributed by atoms with E-state index in [1.54, 1.807) is 19.0 Å². The first-order valence-corrected chi connectivity index (χ1v) is 10.5. The number of amides is 1. The van der Waals surface area contributed by atoms with Crippen molar-refractivity contribution in [3.05, 3.63) is 34.9 Å². The van der Waals surface area contributed by atoms with E-state index in [1.807, 2.05) is 19.1 Å². The molecule has 1 fully saturated rings. The fourth-order valence-corrected chi connectivity index (χ4v) is 3.93. The molecule has 0 bridgehead atoms. The molecule has 2 atom stereocenters. The molecule has 2 N–H and O–H groups in total. The minimum atomic E-state index is 0.110. The Balaban J connectivity index is 2.04. The Kier molecular flexibility index (Phi) is 9.06. The summed E-state index contributed by atoms with van der Waals surface area (Å²) in [5.74, 6) is 1.31. The summed E-state index contributed by atoms with van der Waals surface area (Å²) in [6.07, 6.45) is 2.77. The fourth-order valence-electron chi connectivity index (χ4n) is 3.73. The zero-order valence-corrected chi connectivity index (χ0v) is 18.3. The predicted octanol–water partition coefficient (Wildman–Crippen LogP) is 2.76. The van der Waals surface area contributed by atoms with E-state index >= 15 is 0 Å². The second-order valence-electron chi connectivity index (χ2n) is 7.57. The lowest BCUT2D eigenvalue weighted by Crippen LogP contribution is -2.41. The van der Waals surface area contributed by atoms with Gasteiger partial charge in [-0.1, -0.05) is 23.7 Å². The molecule has 1 saturated heterocycles. The Morgan fingerprint density at radius 1 is 1.36 bits per heavy atom. The van der Waals surface area contributed by atoms with Crippen LogP contribution in [0.3, 0.4) is 0 Å². The highest BCUT2D eigenvalue weighted by Gasteiger charge is 2.30. The van der Waals surface area contributed by atoms with Crippen molar-refractivity contribution in [2.24, 2.45) is 10.9 Å². The molecule has 1 aromatic rings. The number of rotatable bonds is 7. The number of guanidine groups is 1. The number of carbonyl (C=O) groups excluding carboxylic acids is 1. The summed E-state index contributed by atoms with van der Waals surface area (Å²) < 4.78 is 0. The van der Waals surface area contributed by atoms with Crippen LogP contribution in [0, 0.1) is 5.92 Å². The topological polar surface area (TPSA) is 60.0 Å². The molecule has 2 unspecified atom stereocenters. The summed E-state index contributed by atoms with van der Waals surface area (Å²) in [6.45, 7) is 5.23. The van der Waals surface area contributed by atoms with E-state index in [0.29, 0.717) is 24.9 Å². The normalized spacial score (nSPS) is 20.7. The second-order valence-corrected chi connectivity index (χ2v) is 8.00. The van der Waals surface area contributed by atoms with Crippen LogP contribution >= 0.6 is 11.6 Å². The third-order valence-corrected chi connectivity index (χ3v) is 5.39. The van der Waals surface area contributed by atoms with Crippen molar-refractivity contribution in [1.29, 1.82) is 0 Å². The molecule has 0 saturated carbocycles. The number of aliphatic imine (C=N–C) groups is 1. The summed E-state index contributed by atoms with van der Waals surface area (Å²) in [7, 11) is 5.73. The third-order valence-electron chi connectivity index (χ3n) is 5.16. The van der Waals surface area contributed by atoms with Crippen molar-refractivity contribution in [1.82, 2.24) is 20.4 Å². The van der Waals surface area contributed by atoms with Crippen LogP contribution in [0.5, 0.6) is 0 Å². The molecule has 1 amide bonds. The lowest BCUT2D eigenvalue weighted by molar-refractivity contribution is -0.128. The fraction of sp³-hybridized carbons (Fsp3) is 0.619. The Hall–Kier alpha value is -1.79. The molecule has 0 spiro atoms. The molecule has 0 aromatic heterocycles. The van der Waals surface area contributed by atoms with Gasteiger partial charge in [0.2, 0.25) is 5.91 Å². The SMILES string of the molecule is CCNC(=NCC1CCCN(C)C1c1cccc(Cl)c1)NCCC(=O)N(C)C. The second kappa shape index (κ2) is 11.3. The zero-order chi connectivity index (χ0) is 20.5. The summed E-state index contributed by atoms with van der Waals surface area (Å²) >= 11 is 6.24. The molecule has 7 heteroatoms. The van der Waals surface area contributed by atoms with Gasteiger partial charge in [0.1, 0.15) is 0 Å². The van der Waals surface area contributed by atoms with Crippen LogP contribution in [-0.2, 0) is 4.79 Å². The molecule has 1 heterocycles. The third kappa shape index (κ3) is 6.67. The van der Waals surface area contributed by atoms with Crippen molar-refractivity contribution >= 4 is 23.5 Å². The van der Waals surface area contributed by atoms with Gasteiger partial charge in [0.15, 0.2) is 5.96 Å². The van der Waals surface area contributed by atoms with Gasteiger partial charge in [-0.05, 0) is 57.0 Å². The van der Waals surface area contributed by atoms with Gasteiger partial charge in [-0.25, -0.2) is 0 Å². The number of nitrogens with one attached hydrogen (secondary N) is 2. The van der Waals surface area contributed by atoms with Gasteiger partial charge < -0.3 is 15.5 Å². The molecule has 6 nitrogen and oxygen atoms in total. The summed E-state index contributed by atoms with van der Waals surface area (Å²) in [4.78, 5) is 20.6. The van der Waals surface area contributed by atoms with E-state index in [2.05, 4.69) is 34.7 Å². The number of likely N-dealkylation sites (tertiary alicyclic amines) is 1. The lowest BCUT2D eigenvalue weighted by Gasteiger charge is -2.39. The minimum Gasteiger partial charge on any atom is -0.357 e. The quantitative estimate of drug-likeness (QED) is 0.539. The maximum atomic E-state index is 11.8. The highest BCUT2D eigenvalue weighted by atomic mass is 35.5. The molecule has 0 radical (unpaired) electrons. The average Bonchev–Trinajstić information content (AvgIpc) is 2.65. The van der Waals surface area contributed by atoms with Crippen LogP contribution < -0.4 is 10.6 Å². The van der Waals surface area contributed by atoms with Gasteiger partial charge in [0.25, 0.3) is 0 Å². The maximum Gasteiger partial charge on any atom is 0.223 e. The molecular formula is C21H34ClN5O. The summed E-state index contributed by atoms with van der Waals surface area (Å²) in [5.41, 5.74) is 1.25. The zero-order valence-electron chi connectivity index (χ0n) is 17.5. The largest absolute Gasteiger partial charge is 0.357 e. The standard InChI is InChI=1S/C21H34ClN5O/c1-5-23-21(24-12-11-19(28)26(2)3)25-15-17-9-7-13-27(4)20(17)16-8-6-10-18(22)14-16/h6,8,10,14,17,20H,5,7,9,11-13,15H2,1-4H3,(H2,23,24,25). The molecule has 28 heavy (non-hydrogen) atoms. The summed E-state index contributed by atoms with van der Waals surface area (Å²) in [5, 5.41) is 7.33. The first-order valence-electron chi connectivity index (χ1n) is 10.1. The highest BCUT2D eigenvalue weighted by molar-refractivity contribution is 6.30. The van der Waals surface area contributed by atoms with Gasteiger partial charge in [-0.15, -0.1) is 0 Å². The number of benzene rings is 1. The lowest BCUT2D eigenvalue weighted by atomic mass is 9.85. The first kappa shape index (κ1) is 22.5. The van der Waals surface area contributed by atoms with Crippen LogP contribution in [-0.4, -0.2) is 69.0 Å². The number of hydrogen-bond donors (Lipinski definition) is 2. The predicted molar refractivity (Wildman–Crippen MR) is 117 cm³/mol. The monoisotopic (exact) mass is 407 g/mol. The summed E-state index contributed by atoms with van der Waals surface area (Å²) in [6, 6.07) is 8.48. The van der Waals surface area contributed by atoms with Crippen LogP contribution in [0.4, 0.5) is 0 Å².